The summed E-state index contributed by atoms with van der Waals surface area (Å²) in [4.78, 5) is 2.81. The van der Waals surface area contributed by atoms with Crippen LogP contribution in [-0.2, 0) is 13.1 Å². The summed E-state index contributed by atoms with van der Waals surface area (Å²) < 4.78 is 2.12. The zero-order chi connectivity index (χ0) is 14.9. The summed E-state index contributed by atoms with van der Waals surface area (Å²) in [5, 5.41) is 8.11. The fraction of sp³-hybridized carbons (Fsp3) is 0.562. The minimum Gasteiger partial charge on any atom is -0.310 e. The van der Waals surface area contributed by atoms with Crippen molar-refractivity contribution in [2.45, 2.75) is 60.7 Å². The number of rotatable bonds is 5. The lowest BCUT2D eigenvalue weighted by molar-refractivity contribution is 0.592. The zero-order valence-electron chi connectivity index (χ0n) is 13.4. The van der Waals surface area contributed by atoms with Crippen LogP contribution in [0, 0.1) is 27.7 Å². The van der Waals surface area contributed by atoms with Crippen LogP contribution in [0.2, 0.25) is 0 Å². The highest BCUT2D eigenvalue weighted by Gasteiger charge is 2.11. The van der Waals surface area contributed by atoms with Crippen molar-refractivity contribution >= 4 is 11.3 Å². The van der Waals surface area contributed by atoms with Crippen molar-refractivity contribution in [1.29, 1.82) is 0 Å². The van der Waals surface area contributed by atoms with Gasteiger partial charge in [0.2, 0.25) is 0 Å². The third-order valence-electron chi connectivity index (χ3n) is 3.82. The molecule has 3 nitrogen and oxygen atoms in total. The van der Waals surface area contributed by atoms with Crippen LogP contribution in [-0.4, -0.2) is 15.8 Å². The van der Waals surface area contributed by atoms with Crippen LogP contribution in [0.15, 0.2) is 6.07 Å². The van der Waals surface area contributed by atoms with E-state index in [0.717, 1.165) is 18.8 Å². The average molecular weight is 291 g/mol. The largest absolute Gasteiger partial charge is 0.310 e. The molecule has 0 unspecified atom stereocenters. The number of aryl methyl sites for hydroxylation is 2. The van der Waals surface area contributed by atoms with Gasteiger partial charge in [-0.05, 0) is 44.9 Å². The molecule has 0 aliphatic carbocycles. The van der Waals surface area contributed by atoms with E-state index in [2.05, 4.69) is 62.7 Å². The molecule has 1 N–H and O–H groups in total. The predicted octanol–water partition coefficient (Wildman–Crippen LogP) is 3.72. The van der Waals surface area contributed by atoms with Gasteiger partial charge in [-0.1, -0.05) is 13.8 Å². The van der Waals surface area contributed by atoms with Gasteiger partial charge >= 0.3 is 0 Å². The normalized spacial score (nSPS) is 11.6. The molecule has 0 amide bonds. The summed E-state index contributed by atoms with van der Waals surface area (Å²) in [5.41, 5.74) is 5.10. The van der Waals surface area contributed by atoms with Crippen molar-refractivity contribution in [3.05, 3.63) is 38.3 Å². The molecule has 2 heterocycles. The van der Waals surface area contributed by atoms with E-state index in [1.165, 1.54) is 26.6 Å². The SMILES string of the molecule is Cc1nn(Cc2cc(CNC(C)C)sc2C)c(C)c1C. The van der Waals surface area contributed by atoms with E-state index < -0.39 is 0 Å². The molecule has 0 spiro atoms. The first-order valence-electron chi connectivity index (χ1n) is 7.20. The molecular formula is C16H25N3S. The molecule has 110 valence electrons. The molecule has 2 rings (SSSR count). The third-order valence-corrected chi connectivity index (χ3v) is 4.91. The second-order valence-electron chi connectivity index (χ2n) is 5.78. The minimum absolute atomic E-state index is 0.527. The summed E-state index contributed by atoms with van der Waals surface area (Å²) in [6.45, 7) is 14.8. The molecular weight excluding hydrogens is 266 g/mol. The van der Waals surface area contributed by atoms with E-state index in [-0.39, 0.29) is 0 Å². The molecule has 0 aromatic carbocycles. The van der Waals surface area contributed by atoms with Gasteiger partial charge in [0.15, 0.2) is 0 Å². The lowest BCUT2D eigenvalue weighted by Gasteiger charge is -2.05. The van der Waals surface area contributed by atoms with E-state index in [4.69, 9.17) is 0 Å². The van der Waals surface area contributed by atoms with Crippen LogP contribution in [0.3, 0.4) is 0 Å². The molecule has 0 saturated heterocycles. The first-order chi connectivity index (χ1) is 9.38. The smallest absolute Gasteiger partial charge is 0.0673 e. The Morgan fingerprint density at radius 3 is 2.50 bits per heavy atom. The predicted molar refractivity (Wildman–Crippen MR) is 86.6 cm³/mol. The van der Waals surface area contributed by atoms with Gasteiger partial charge in [-0.2, -0.15) is 5.10 Å². The molecule has 20 heavy (non-hydrogen) atoms. The van der Waals surface area contributed by atoms with Crippen LogP contribution < -0.4 is 5.32 Å². The van der Waals surface area contributed by atoms with Crippen molar-refractivity contribution in [2.24, 2.45) is 0 Å². The lowest BCUT2D eigenvalue weighted by atomic mass is 10.2. The fourth-order valence-corrected chi connectivity index (χ4v) is 3.24. The third kappa shape index (κ3) is 3.30. The number of nitrogens with one attached hydrogen (secondary N) is 1. The molecule has 0 aliphatic rings. The number of hydrogen-bond acceptors (Lipinski definition) is 3. The molecule has 2 aromatic rings. The highest BCUT2D eigenvalue weighted by Crippen LogP contribution is 2.23. The van der Waals surface area contributed by atoms with Gasteiger partial charge in [-0.3, -0.25) is 4.68 Å². The number of aromatic nitrogens is 2. The summed E-state index contributed by atoms with van der Waals surface area (Å²) in [7, 11) is 0. The molecule has 0 radical (unpaired) electrons. The Balaban J connectivity index is 2.15. The van der Waals surface area contributed by atoms with Crippen molar-refractivity contribution < 1.29 is 0 Å². The second-order valence-corrected chi connectivity index (χ2v) is 7.12. The topological polar surface area (TPSA) is 29.9 Å². The van der Waals surface area contributed by atoms with Crippen LogP contribution in [0.1, 0.15) is 46.1 Å². The standard InChI is InChI=1S/C16H25N3S/c1-10(2)17-8-16-7-15(14(6)20-16)9-19-13(5)11(3)12(4)18-19/h7,10,17H,8-9H2,1-6H3. The Bertz CT molecular complexity index is 593. The maximum atomic E-state index is 4.64. The van der Waals surface area contributed by atoms with Gasteiger partial charge in [0, 0.05) is 28.0 Å². The Morgan fingerprint density at radius 1 is 1.25 bits per heavy atom. The molecule has 0 fully saturated rings. The highest BCUT2D eigenvalue weighted by atomic mass is 32.1. The summed E-state index contributed by atoms with van der Waals surface area (Å²) in [6.07, 6.45) is 0. The van der Waals surface area contributed by atoms with Gasteiger partial charge < -0.3 is 5.32 Å². The number of hydrogen-bond donors (Lipinski definition) is 1. The maximum absolute atomic E-state index is 4.64. The summed E-state index contributed by atoms with van der Waals surface area (Å²) >= 11 is 1.89. The minimum atomic E-state index is 0.527. The van der Waals surface area contributed by atoms with Crippen molar-refractivity contribution in [3.63, 3.8) is 0 Å². The van der Waals surface area contributed by atoms with Gasteiger partial charge in [0.25, 0.3) is 0 Å². The first-order valence-corrected chi connectivity index (χ1v) is 8.02. The van der Waals surface area contributed by atoms with E-state index in [9.17, 15) is 0 Å². The molecule has 0 bridgehead atoms. The lowest BCUT2D eigenvalue weighted by Crippen LogP contribution is -2.21. The molecule has 0 aliphatic heterocycles. The van der Waals surface area contributed by atoms with Gasteiger partial charge in [-0.15, -0.1) is 11.3 Å². The molecule has 2 aromatic heterocycles. The Morgan fingerprint density at radius 2 is 1.95 bits per heavy atom. The van der Waals surface area contributed by atoms with Crippen LogP contribution in [0.5, 0.6) is 0 Å². The van der Waals surface area contributed by atoms with Gasteiger partial charge in [0.1, 0.15) is 0 Å². The summed E-state index contributed by atoms with van der Waals surface area (Å²) in [5.74, 6) is 0. The maximum Gasteiger partial charge on any atom is 0.0673 e. The number of thiophene rings is 1. The highest BCUT2D eigenvalue weighted by molar-refractivity contribution is 7.12. The molecule has 0 saturated carbocycles. The Hall–Kier alpha value is -1.13. The Kier molecular flexibility index (Phi) is 4.66. The van der Waals surface area contributed by atoms with Gasteiger partial charge in [0.05, 0.1) is 12.2 Å². The van der Waals surface area contributed by atoms with Gasteiger partial charge in [-0.25, -0.2) is 0 Å². The monoisotopic (exact) mass is 291 g/mol. The molecule has 0 atom stereocenters. The zero-order valence-corrected chi connectivity index (χ0v) is 14.2. The van der Waals surface area contributed by atoms with Crippen LogP contribution >= 0.6 is 11.3 Å². The van der Waals surface area contributed by atoms with E-state index in [0.29, 0.717) is 6.04 Å². The quantitative estimate of drug-likeness (QED) is 0.910. The summed E-state index contributed by atoms with van der Waals surface area (Å²) in [6, 6.07) is 2.85. The van der Waals surface area contributed by atoms with Crippen LogP contribution in [0.25, 0.3) is 0 Å². The van der Waals surface area contributed by atoms with Crippen molar-refractivity contribution in [2.75, 3.05) is 0 Å². The average Bonchev–Trinajstić information content (AvgIpc) is 2.84. The van der Waals surface area contributed by atoms with Crippen molar-refractivity contribution in [3.8, 4) is 0 Å². The van der Waals surface area contributed by atoms with E-state index >= 15 is 0 Å². The Labute approximate surface area is 126 Å². The van der Waals surface area contributed by atoms with Crippen LogP contribution in [0.4, 0.5) is 0 Å². The second kappa shape index (κ2) is 6.10. The van der Waals surface area contributed by atoms with E-state index in [1.807, 2.05) is 11.3 Å². The van der Waals surface area contributed by atoms with Crippen molar-refractivity contribution in [1.82, 2.24) is 15.1 Å². The first kappa shape index (κ1) is 15.3. The number of nitrogens with zero attached hydrogens (tertiary/aromatic N) is 2. The fourth-order valence-electron chi connectivity index (χ4n) is 2.24. The molecule has 4 heteroatoms. The van der Waals surface area contributed by atoms with E-state index in [1.54, 1.807) is 0 Å².